The van der Waals surface area contributed by atoms with E-state index in [1.807, 2.05) is 0 Å². The molecular weight excluding hydrogens is 103 g/mol. The molecule has 4 heteroatoms. The molecule has 0 aliphatic carbocycles. The predicted octanol–water partition coefficient (Wildman–Crippen LogP) is -0.0519. The average molecular weight is 111 g/mol. The van der Waals surface area contributed by atoms with Gasteiger partial charge in [0.2, 0.25) is 0 Å². The zero-order valence-electron chi connectivity index (χ0n) is 3.39. The molecule has 0 saturated heterocycles. The molecule has 6 heavy (non-hydrogen) atoms. The van der Waals surface area contributed by atoms with Gasteiger partial charge < -0.3 is 10.5 Å². The van der Waals surface area contributed by atoms with Gasteiger partial charge in [0.15, 0.2) is 0 Å². The van der Waals surface area contributed by atoms with E-state index in [0.29, 0.717) is 0 Å². The molecule has 0 aromatic rings. The van der Waals surface area contributed by atoms with Crippen molar-refractivity contribution < 1.29 is 4.74 Å². The van der Waals surface area contributed by atoms with Crippen LogP contribution in [0.25, 0.3) is 0 Å². The van der Waals surface area contributed by atoms with Crippen molar-refractivity contribution in [2.24, 2.45) is 5.73 Å². The third-order valence-electron chi connectivity index (χ3n) is 0.220. The van der Waals surface area contributed by atoms with E-state index in [2.05, 4.69) is 10.5 Å². The van der Waals surface area contributed by atoms with Gasteiger partial charge in [-0.2, -0.15) is 0 Å². The first-order valence-electron chi connectivity index (χ1n) is 1.15. The molecule has 0 aliphatic heterocycles. The lowest BCUT2D eigenvalue weighted by Crippen LogP contribution is -2.10. The van der Waals surface area contributed by atoms with E-state index in [4.69, 9.17) is 5.41 Å². The molecule has 0 aromatic carbocycles. The maximum Gasteiger partial charge on any atom is 0.278 e. The van der Waals surface area contributed by atoms with Gasteiger partial charge in [0.1, 0.15) is 0 Å². The summed E-state index contributed by atoms with van der Waals surface area (Å²) in [4.78, 5) is 0. The molecule has 0 rings (SSSR count). The van der Waals surface area contributed by atoms with Gasteiger partial charge in [-0.25, -0.2) is 0 Å². The van der Waals surface area contributed by atoms with Crippen LogP contribution in [0.1, 0.15) is 0 Å². The van der Waals surface area contributed by atoms with Crippen LogP contribution < -0.4 is 5.73 Å². The molecule has 3 N–H and O–H groups in total. The molecule has 0 aromatic heterocycles. The summed E-state index contributed by atoms with van der Waals surface area (Å²) in [5.41, 5.74) is 4.65. The van der Waals surface area contributed by atoms with Gasteiger partial charge in [-0.3, -0.25) is 5.41 Å². The van der Waals surface area contributed by atoms with Gasteiger partial charge in [-0.15, -0.1) is 12.4 Å². The normalized spacial score (nSPS) is 5.50. The van der Waals surface area contributed by atoms with Crippen molar-refractivity contribution in [3.8, 4) is 0 Å². The Labute approximate surface area is 42.4 Å². The molecule has 0 saturated carbocycles. The van der Waals surface area contributed by atoms with E-state index >= 15 is 0 Å². The van der Waals surface area contributed by atoms with Crippen LogP contribution in [0.4, 0.5) is 0 Å². The van der Waals surface area contributed by atoms with Gasteiger partial charge in [-0.1, -0.05) is 0 Å². The Kier molecular flexibility index (Phi) is 6.93. The minimum Gasteiger partial charge on any atom is -0.469 e. The number of hydrogen-bond donors (Lipinski definition) is 2. The molecule has 0 bridgehead atoms. The van der Waals surface area contributed by atoms with E-state index in [0.717, 1.165) is 0 Å². The zero-order valence-corrected chi connectivity index (χ0v) is 4.21. The number of ether oxygens (including phenoxy) is 1. The Morgan fingerprint density at radius 2 is 2.00 bits per heavy atom. The number of hydrogen-bond acceptors (Lipinski definition) is 2. The lowest BCUT2D eigenvalue weighted by Gasteiger charge is -1.85. The highest BCUT2D eigenvalue weighted by Gasteiger charge is 1.68. The molecular formula is C2H7ClN2O. The third kappa shape index (κ3) is 9.59. The molecule has 0 aliphatic rings. The summed E-state index contributed by atoms with van der Waals surface area (Å²) < 4.78 is 4.11. The van der Waals surface area contributed by atoms with Crippen molar-refractivity contribution in [1.82, 2.24) is 0 Å². The number of halogens is 1. The van der Waals surface area contributed by atoms with Crippen molar-refractivity contribution in [2.45, 2.75) is 0 Å². The Hall–Kier alpha value is -0.440. The number of methoxy groups -OCH3 is 1. The fraction of sp³-hybridized carbons (Fsp3) is 0.500. The summed E-state index contributed by atoms with van der Waals surface area (Å²) in [6.45, 7) is 0. The van der Waals surface area contributed by atoms with Crippen LogP contribution >= 0.6 is 12.4 Å². The van der Waals surface area contributed by atoms with Crippen LogP contribution in [0.5, 0.6) is 0 Å². The maximum atomic E-state index is 6.30. The van der Waals surface area contributed by atoms with Crippen molar-refractivity contribution in [2.75, 3.05) is 7.11 Å². The number of nitrogens with two attached hydrogens (primary N) is 1. The van der Waals surface area contributed by atoms with E-state index in [-0.39, 0.29) is 18.4 Å². The van der Waals surface area contributed by atoms with Gasteiger partial charge in [0, 0.05) is 0 Å². The summed E-state index contributed by atoms with van der Waals surface area (Å²) in [5.74, 6) is 0. The lowest BCUT2D eigenvalue weighted by molar-refractivity contribution is 0.393. The zero-order chi connectivity index (χ0) is 4.28. The number of rotatable bonds is 0. The Balaban J connectivity index is 0. The molecule has 0 unspecified atom stereocenters. The Bertz CT molecular complexity index is 46.8. The molecule has 0 spiro atoms. The van der Waals surface area contributed by atoms with Crippen molar-refractivity contribution >= 4 is 18.4 Å². The SMILES string of the molecule is COC(=N)N.Cl. The molecule has 0 amide bonds. The second kappa shape index (κ2) is 4.56. The van der Waals surface area contributed by atoms with Crippen LogP contribution in [0.2, 0.25) is 0 Å². The van der Waals surface area contributed by atoms with Gasteiger partial charge >= 0.3 is 0 Å². The predicted molar refractivity (Wildman–Crippen MR) is 26.2 cm³/mol. The first-order chi connectivity index (χ1) is 2.27. The highest BCUT2D eigenvalue weighted by Crippen LogP contribution is 1.50. The van der Waals surface area contributed by atoms with Crippen LogP contribution in [-0.4, -0.2) is 13.1 Å². The van der Waals surface area contributed by atoms with Crippen molar-refractivity contribution in [1.29, 1.82) is 5.41 Å². The summed E-state index contributed by atoms with van der Waals surface area (Å²) in [6, 6.07) is -0.245. The second-order valence-electron chi connectivity index (χ2n) is 0.568. The smallest absolute Gasteiger partial charge is 0.278 e. The maximum absolute atomic E-state index is 6.30. The van der Waals surface area contributed by atoms with Gasteiger partial charge in [-0.05, 0) is 0 Å². The van der Waals surface area contributed by atoms with Gasteiger partial charge in [0.05, 0.1) is 7.11 Å². The van der Waals surface area contributed by atoms with E-state index in [1.54, 1.807) is 0 Å². The molecule has 3 nitrogen and oxygen atoms in total. The van der Waals surface area contributed by atoms with Crippen LogP contribution in [-0.2, 0) is 4.74 Å². The summed E-state index contributed by atoms with van der Waals surface area (Å²) in [7, 11) is 1.35. The van der Waals surface area contributed by atoms with Crippen molar-refractivity contribution in [3.63, 3.8) is 0 Å². The fourth-order valence-electron chi connectivity index (χ4n) is 0. The van der Waals surface area contributed by atoms with Crippen LogP contribution in [0.3, 0.4) is 0 Å². The van der Waals surface area contributed by atoms with Gasteiger partial charge in [0.25, 0.3) is 6.02 Å². The van der Waals surface area contributed by atoms with Crippen LogP contribution in [0, 0.1) is 5.41 Å². The molecule has 0 heterocycles. The minimum absolute atomic E-state index is 0. The second-order valence-corrected chi connectivity index (χ2v) is 0.568. The third-order valence-corrected chi connectivity index (χ3v) is 0.220. The fourth-order valence-corrected chi connectivity index (χ4v) is 0. The highest BCUT2D eigenvalue weighted by atomic mass is 35.5. The van der Waals surface area contributed by atoms with Crippen molar-refractivity contribution in [3.05, 3.63) is 0 Å². The Morgan fingerprint density at radius 3 is 2.00 bits per heavy atom. The lowest BCUT2D eigenvalue weighted by atomic mass is 11.2. The molecule has 0 fully saturated rings. The number of nitrogens with one attached hydrogen (secondary N) is 1. The Morgan fingerprint density at radius 1 is 1.83 bits per heavy atom. The standard InChI is InChI=1S/C2H6N2O.ClH/c1-5-2(3)4;/h1H3,(H3,3,4);1H. The van der Waals surface area contributed by atoms with E-state index < -0.39 is 0 Å². The summed E-state index contributed by atoms with van der Waals surface area (Å²) in [6.07, 6.45) is 0. The highest BCUT2D eigenvalue weighted by molar-refractivity contribution is 5.85. The largest absolute Gasteiger partial charge is 0.469 e. The molecule has 0 radical (unpaired) electrons. The minimum atomic E-state index is -0.245. The first-order valence-corrected chi connectivity index (χ1v) is 1.15. The van der Waals surface area contributed by atoms with E-state index in [9.17, 15) is 0 Å². The molecule has 0 atom stereocenters. The van der Waals surface area contributed by atoms with E-state index in [1.165, 1.54) is 7.11 Å². The number of amidine groups is 1. The summed E-state index contributed by atoms with van der Waals surface area (Å²) >= 11 is 0. The first kappa shape index (κ1) is 9.12. The topological polar surface area (TPSA) is 59.1 Å². The summed E-state index contributed by atoms with van der Waals surface area (Å²) in [5, 5.41) is 6.30. The average Bonchev–Trinajstić information content (AvgIpc) is 1.38. The monoisotopic (exact) mass is 110 g/mol. The quantitative estimate of drug-likeness (QED) is 0.339. The molecule has 38 valence electrons. The van der Waals surface area contributed by atoms with Crippen LogP contribution in [0.15, 0.2) is 0 Å².